The maximum Gasteiger partial charge on any atom is 0.248 e. The van der Waals surface area contributed by atoms with Crippen LogP contribution < -0.4 is 15.8 Å². The molecule has 0 aliphatic heterocycles. The Morgan fingerprint density at radius 1 is 1.09 bits per heavy atom. The summed E-state index contributed by atoms with van der Waals surface area (Å²) in [5, 5.41) is 5.30. The van der Waals surface area contributed by atoms with Gasteiger partial charge in [-0.1, -0.05) is 24.3 Å². The number of benzene rings is 1. The Bertz CT molecular complexity index is 716. The standard InChI is InChI=1S/C16H16N4OS/c17-14-15(18-9-8-13-7-4-10-22-13)19-11-20-16(14)21-12-5-2-1-3-6-12/h1-7,10-11H,8-9,17H2,(H,18,19,20). The van der Waals surface area contributed by atoms with Crippen molar-refractivity contribution in [2.45, 2.75) is 6.42 Å². The third-order valence-electron chi connectivity index (χ3n) is 3.05. The Kier molecular flexibility index (Phi) is 4.50. The second kappa shape index (κ2) is 6.91. The molecule has 3 aromatic rings. The van der Waals surface area contributed by atoms with Crippen LogP contribution in [-0.2, 0) is 6.42 Å². The fourth-order valence-corrected chi connectivity index (χ4v) is 2.67. The normalized spacial score (nSPS) is 10.4. The van der Waals surface area contributed by atoms with Gasteiger partial charge in [0.15, 0.2) is 5.82 Å². The van der Waals surface area contributed by atoms with Crippen LogP contribution in [0, 0.1) is 0 Å². The molecular formula is C16H16N4OS. The SMILES string of the molecule is Nc1c(NCCc2cccs2)ncnc1Oc1ccccc1. The van der Waals surface area contributed by atoms with Gasteiger partial charge in [0.1, 0.15) is 17.8 Å². The fourth-order valence-electron chi connectivity index (χ4n) is 1.96. The van der Waals surface area contributed by atoms with E-state index in [1.54, 1.807) is 11.3 Å². The van der Waals surface area contributed by atoms with E-state index >= 15 is 0 Å². The largest absolute Gasteiger partial charge is 0.437 e. The van der Waals surface area contributed by atoms with Crippen LogP contribution in [-0.4, -0.2) is 16.5 Å². The van der Waals surface area contributed by atoms with E-state index in [0.29, 0.717) is 23.1 Å². The maximum absolute atomic E-state index is 6.08. The molecule has 6 heteroatoms. The molecule has 22 heavy (non-hydrogen) atoms. The molecule has 5 nitrogen and oxygen atoms in total. The fraction of sp³-hybridized carbons (Fsp3) is 0.125. The van der Waals surface area contributed by atoms with Crippen LogP contribution in [0.3, 0.4) is 0 Å². The molecule has 0 spiro atoms. The number of ether oxygens (including phenoxy) is 1. The van der Waals surface area contributed by atoms with Gasteiger partial charge in [-0.15, -0.1) is 11.3 Å². The molecule has 1 aromatic carbocycles. The zero-order chi connectivity index (χ0) is 15.2. The van der Waals surface area contributed by atoms with Gasteiger partial charge in [-0.05, 0) is 30.0 Å². The highest BCUT2D eigenvalue weighted by atomic mass is 32.1. The number of aromatic nitrogens is 2. The molecular weight excluding hydrogens is 296 g/mol. The number of rotatable bonds is 6. The number of thiophene rings is 1. The van der Waals surface area contributed by atoms with Crippen molar-refractivity contribution in [3.63, 3.8) is 0 Å². The van der Waals surface area contributed by atoms with Crippen LogP contribution in [0.4, 0.5) is 11.5 Å². The number of hydrogen-bond donors (Lipinski definition) is 2. The van der Waals surface area contributed by atoms with E-state index in [1.165, 1.54) is 11.2 Å². The van der Waals surface area contributed by atoms with Crippen molar-refractivity contribution < 1.29 is 4.74 Å². The molecule has 3 rings (SSSR count). The number of nitrogen functional groups attached to an aromatic ring is 1. The Morgan fingerprint density at radius 3 is 2.73 bits per heavy atom. The highest BCUT2D eigenvalue weighted by Crippen LogP contribution is 2.28. The molecule has 0 fully saturated rings. The number of hydrogen-bond acceptors (Lipinski definition) is 6. The Morgan fingerprint density at radius 2 is 1.95 bits per heavy atom. The van der Waals surface area contributed by atoms with Crippen molar-refractivity contribution in [1.82, 2.24) is 9.97 Å². The van der Waals surface area contributed by atoms with Crippen LogP contribution >= 0.6 is 11.3 Å². The molecule has 0 saturated heterocycles. The third kappa shape index (κ3) is 3.53. The lowest BCUT2D eigenvalue weighted by atomic mass is 10.3. The first-order valence-electron chi connectivity index (χ1n) is 6.92. The van der Waals surface area contributed by atoms with E-state index < -0.39 is 0 Å². The van der Waals surface area contributed by atoms with Crippen molar-refractivity contribution in [3.05, 3.63) is 59.0 Å². The average molecular weight is 312 g/mol. The van der Waals surface area contributed by atoms with Crippen molar-refractivity contribution in [2.75, 3.05) is 17.6 Å². The second-order valence-corrected chi connectivity index (χ2v) is 5.64. The lowest BCUT2D eigenvalue weighted by Crippen LogP contribution is -2.09. The highest BCUT2D eigenvalue weighted by molar-refractivity contribution is 7.09. The monoisotopic (exact) mass is 312 g/mol. The lowest BCUT2D eigenvalue weighted by molar-refractivity contribution is 0.464. The molecule has 0 aliphatic carbocycles. The zero-order valence-electron chi connectivity index (χ0n) is 11.9. The summed E-state index contributed by atoms with van der Waals surface area (Å²) < 4.78 is 5.69. The van der Waals surface area contributed by atoms with E-state index in [9.17, 15) is 0 Å². The summed E-state index contributed by atoms with van der Waals surface area (Å²) in [6.45, 7) is 0.756. The summed E-state index contributed by atoms with van der Waals surface area (Å²) in [5.74, 6) is 1.65. The van der Waals surface area contributed by atoms with Crippen LogP contribution in [0.2, 0.25) is 0 Å². The van der Waals surface area contributed by atoms with E-state index in [-0.39, 0.29) is 0 Å². The summed E-state index contributed by atoms with van der Waals surface area (Å²) in [6.07, 6.45) is 2.37. The number of nitrogens with zero attached hydrogens (tertiary/aromatic N) is 2. The van der Waals surface area contributed by atoms with Crippen LogP contribution in [0.15, 0.2) is 54.2 Å². The summed E-state index contributed by atoms with van der Waals surface area (Å²) >= 11 is 1.74. The summed E-state index contributed by atoms with van der Waals surface area (Å²) in [4.78, 5) is 9.59. The van der Waals surface area contributed by atoms with Gasteiger partial charge in [0.2, 0.25) is 5.88 Å². The molecule has 0 bridgehead atoms. The predicted octanol–water partition coefficient (Wildman–Crippen LogP) is 3.57. The van der Waals surface area contributed by atoms with E-state index in [1.807, 2.05) is 36.4 Å². The van der Waals surface area contributed by atoms with E-state index in [4.69, 9.17) is 10.5 Å². The number of nitrogens with two attached hydrogens (primary N) is 1. The Labute approximate surface area is 132 Å². The molecule has 0 saturated carbocycles. The first-order chi connectivity index (χ1) is 10.8. The number of nitrogens with one attached hydrogen (secondary N) is 1. The predicted molar refractivity (Wildman–Crippen MR) is 89.5 cm³/mol. The van der Waals surface area contributed by atoms with Gasteiger partial charge < -0.3 is 15.8 Å². The van der Waals surface area contributed by atoms with Crippen molar-refractivity contribution in [3.8, 4) is 11.6 Å². The van der Waals surface area contributed by atoms with Gasteiger partial charge in [0, 0.05) is 11.4 Å². The molecule has 0 unspecified atom stereocenters. The van der Waals surface area contributed by atoms with Gasteiger partial charge in [-0.25, -0.2) is 4.98 Å². The molecule has 0 amide bonds. The minimum atomic E-state index is 0.361. The van der Waals surface area contributed by atoms with Crippen molar-refractivity contribution >= 4 is 22.8 Å². The quantitative estimate of drug-likeness (QED) is 0.728. The van der Waals surface area contributed by atoms with Crippen LogP contribution in [0.1, 0.15) is 4.88 Å². The van der Waals surface area contributed by atoms with Crippen molar-refractivity contribution in [2.24, 2.45) is 0 Å². The van der Waals surface area contributed by atoms with Crippen LogP contribution in [0.25, 0.3) is 0 Å². The first kappa shape index (κ1) is 14.3. The lowest BCUT2D eigenvalue weighted by Gasteiger charge is -2.11. The average Bonchev–Trinajstić information content (AvgIpc) is 3.05. The minimum Gasteiger partial charge on any atom is -0.437 e. The summed E-state index contributed by atoms with van der Waals surface area (Å²) in [6, 6.07) is 13.6. The van der Waals surface area contributed by atoms with Gasteiger partial charge in [-0.2, -0.15) is 4.98 Å². The minimum absolute atomic E-state index is 0.361. The first-order valence-corrected chi connectivity index (χ1v) is 7.80. The van der Waals surface area contributed by atoms with E-state index in [0.717, 1.165) is 13.0 Å². The number of para-hydroxylation sites is 1. The molecule has 2 heterocycles. The van der Waals surface area contributed by atoms with Gasteiger partial charge in [0.25, 0.3) is 0 Å². The zero-order valence-corrected chi connectivity index (χ0v) is 12.7. The molecule has 2 aromatic heterocycles. The summed E-state index contributed by atoms with van der Waals surface area (Å²) in [7, 11) is 0. The second-order valence-electron chi connectivity index (χ2n) is 4.61. The third-order valence-corrected chi connectivity index (χ3v) is 3.99. The molecule has 0 aliphatic rings. The van der Waals surface area contributed by atoms with Crippen molar-refractivity contribution in [1.29, 1.82) is 0 Å². The molecule has 112 valence electrons. The van der Waals surface area contributed by atoms with E-state index in [2.05, 4.69) is 26.7 Å². The summed E-state index contributed by atoms with van der Waals surface area (Å²) in [5.41, 5.74) is 6.50. The number of anilines is 2. The molecule has 3 N–H and O–H groups in total. The highest BCUT2D eigenvalue weighted by Gasteiger charge is 2.09. The molecule has 0 radical (unpaired) electrons. The molecule has 0 atom stereocenters. The van der Waals surface area contributed by atoms with Crippen LogP contribution in [0.5, 0.6) is 11.6 Å². The van der Waals surface area contributed by atoms with Gasteiger partial charge in [-0.3, -0.25) is 0 Å². The Hall–Kier alpha value is -2.60. The maximum atomic E-state index is 6.08. The van der Waals surface area contributed by atoms with Gasteiger partial charge in [0.05, 0.1) is 0 Å². The smallest absolute Gasteiger partial charge is 0.248 e. The Balaban J connectivity index is 1.66. The topological polar surface area (TPSA) is 73.1 Å². The van der Waals surface area contributed by atoms with Gasteiger partial charge >= 0.3 is 0 Å².